The lowest BCUT2D eigenvalue weighted by molar-refractivity contribution is 0.0948. The zero-order valence-electron chi connectivity index (χ0n) is 10.2. The molecule has 1 atom stereocenters. The van der Waals surface area contributed by atoms with Gasteiger partial charge in [0.25, 0.3) is 5.91 Å². The molecule has 1 fully saturated rings. The van der Waals surface area contributed by atoms with Gasteiger partial charge in [-0.2, -0.15) is 0 Å². The Balaban J connectivity index is 1.95. The van der Waals surface area contributed by atoms with E-state index in [1.165, 1.54) is 12.1 Å². The monoisotopic (exact) mass is 302 g/mol. The standard InChI is InChI=1S/C12H15ClN2O3S/c13-10-3-9(4-11(14)5-10)12(16)15-6-8-1-2-19(17,18)7-8/h3-5,8H,1-2,6-7,14H2,(H,15,16). The molecule has 1 aromatic carbocycles. The van der Waals surface area contributed by atoms with Crippen LogP contribution >= 0.6 is 11.6 Å². The Morgan fingerprint density at radius 1 is 1.42 bits per heavy atom. The van der Waals surface area contributed by atoms with Gasteiger partial charge in [0.15, 0.2) is 9.84 Å². The molecule has 104 valence electrons. The van der Waals surface area contributed by atoms with Crippen molar-refractivity contribution < 1.29 is 13.2 Å². The highest BCUT2D eigenvalue weighted by molar-refractivity contribution is 7.91. The van der Waals surface area contributed by atoms with Gasteiger partial charge in [0, 0.05) is 22.8 Å². The summed E-state index contributed by atoms with van der Waals surface area (Å²) in [7, 11) is -2.91. The van der Waals surface area contributed by atoms with E-state index in [2.05, 4.69) is 5.32 Å². The summed E-state index contributed by atoms with van der Waals surface area (Å²) in [4.78, 5) is 11.9. The number of carbonyl (C=O) groups excluding carboxylic acids is 1. The minimum absolute atomic E-state index is 0.00881. The number of amides is 1. The Bertz CT molecular complexity index is 581. The van der Waals surface area contributed by atoms with Gasteiger partial charge in [0.1, 0.15) is 0 Å². The van der Waals surface area contributed by atoms with Gasteiger partial charge in [-0.1, -0.05) is 11.6 Å². The summed E-state index contributed by atoms with van der Waals surface area (Å²) in [6, 6.07) is 4.62. The third-order valence-electron chi connectivity index (χ3n) is 3.06. The molecule has 1 aromatic rings. The molecule has 1 unspecified atom stereocenters. The normalized spacial score (nSPS) is 21.2. The molecule has 2 rings (SSSR count). The molecule has 1 heterocycles. The second-order valence-electron chi connectivity index (χ2n) is 4.75. The van der Waals surface area contributed by atoms with Crippen LogP contribution in [0.4, 0.5) is 5.69 Å². The largest absolute Gasteiger partial charge is 0.399 e. The molecule has 0 bridgehead atoms. The topological polar surface area (TPSA) is 89.3 Å². The van der Waals surface area contributed by atoms with Crippen molar-refractivity contribution >= 4 is 33.0 Å². The number of nitrogens with one attached hydrogen (secondary N) is 1. The molecule has 1 amide bonds. The van der Waals surface area contributed by atoms with Crippen LogP contribution in [-0.2, 0) is 9.84 Å². The highest BCUT2D eigenvalue weighted by Gasteiger charge is 2.27. The van der Waals surface area contributed by atoms with Gasteiger partial charge in [0.2, 0.25) is 0 Å². The minimum atomic E-state index is -2.91. The summed E-state index contributed by atoms with van der Waals surface area (Å²) in [6.07, 6.45) is 0.598. The van der Waals surface area contributed by atoms with E-state index in [4.69, 9.17) is 17.3 Å². The van der Waals surface area contributed by atoms with Crippen molar-refractivity contribution in [2.24, 2.45) is 5.92 Å². The lowest BCUT2D eigenvalue weighted by atomic mass is 10.1. The van der Waals surface area contributed by atoms with Gasteiger partial charge in [-0.05, 0) is 30.5 Å². The van der Waals surface area contributed by atoms with Crippen molar-refractivity contribution in [3.05, 3.63) is 28.8 Å². The maximum atomic E-state index is 11.9. The Kier molecular flexibility index (Phi) is 4.01. The summed E-state index contributed by atoms with van der Waals surface area (Å²) in [5.41, 5.74) is 6.41. The summed E-state index contributed by atoms with van der Waals surface area (Å²) < 4.78 is 22.6. The Morgan fingerprint density at radius 3 is 2.74 bits per heavy atom. The van der Waals surface area contributed by atoms with Gasteiger partial charge in [-0.25, -0.2) is 8.42 Å². The summed E-state index contributed by atoms with van der Waals surface area (Å²) in [5.74, 6) is 0.0479. The van der Waals surface area contributed by atoms with E-state index in [9.17, 15) is 13.2 Å². The molecule has 7 heteroatoms. The minimum Gasteiger partial charge on any atom is -0.399 e. The van der Waals surface area contributed by atoms with Crippen molar-refractivity contribution in [2.75, 3.05) is 23.8 Å². The zero-order valence-corrected chi connectivity index (χ0v) is 11.8. The Labute approximate surface area is 117 Å². The molecule has 0 aromatic heterocycles. The van der Waals surface area contributed by atoms with Gasteiger partial charge >= 0.3 is 0 Å². The van der Waals surface area contributed by atoms with E-state index in [0.717, 1.165) is 0 Å². The van der Waals surface area contributed by atoms with E-state index in [0.29, 0.717) is 29.2 Å². The summed E-state index contributed by atoms with van der Waals surface area (Å²) in [6.45, 7) is 0.352. The third kappa shape index (κ3) is 3.84. The number of nitrogen functional groups attached to an aromatic ring is 1. The molecule has 5 nitrogen and oxygen atoms in total. The molecular formula is C12H15ClN2O3S. The average Bonchev–Trinajstić information content (AvgIpc) is 2.64. The highest BCUT2D eigenvalue weighted by atomic mass is 35.5. The maximum absolute atomic E-state index is 11.9. The smallest absolute Gasteiger partial charge is 0.251 e. The Morgan fingerprint density at radius 2 is 2.16 bits per heavy atom. The number of hydrogen-bond donors (Lipinski definition) is 2. The van der Waals surface area contributed by atoms with Crippen LogP contribution in [0.5, 0.6) is 0 Å². The van der Waals surface area contributed by atoms with Crippen molar-refractivity contribution in [1.82, 2.24) is 5.32 Å². The van der Waals surface area contributed by atoms with Crippen LogP contribution in [0.25, 0.3) is 0 Å². The number of hydrogen-bond acceptors (Lipinski definition) is 4. The van der Waals surface area contributed by atoms with E-state index >= 15 is 0 Å². The van der Waals surface area contributed by atoms with Gasteiger partial charge in [0.05, 0.1) is 11.5 Å². The molecule has 1 saturated heterocycles. The van der Waals surface area contributed by atoms with E-state index < -0.39 is 9.84 Å². The second-order valence-corrected chi connectivity index (χ2v) is 7.42. The van der Waals surface area contributed by atoms with E-state index in [1.54, 1.807) is 6.07 Å². The number of rotatable bonds is 3. The first-order valence-corrected chi connectivity index (χ1v) is 8.10. The first kappa shape index (κ1) is 14.1. The fourth-order valence-corrected chi connectivity index (χ4v) is 4.22. The molecule has 0 saturated carbocycles. The van der Waals surface area contributed by atoms with E-state index in [-0.39, 0.29) is 23.3 Å². The second kappa shape index (κ2) is 5.38. The quantitative estimate of drug-likeness (QED) is 0.818. The van der Waals surface area contributed by atoms with Crippen LogP contribution in [0, 0.1) is 5.92 Å². The summed E-state index contributed by atoms with van der Waals surface area (Å²) >= 11 is 5.82. The van der Waals surface area contributed by atoms with Gasteiger partial charge in [-0.3, -0.25) is 4.79 Å². The number of sulfone groups is 1. The molecule has 19 heavy (non-hydrogen) atoms. The third-order valence-corrected chi connectivity index (χ3v) is 5.12. The van der Waals surface area contributed by atoms with Gasteiger partial charge in [-0.15, -0.1) is 0 Å². The molecule has 0 radical (unpaired) electrons. The number of carbonyl (C=O) groups is 1. The van der Waals surface area contributed by atoms with Crippen LogP contribution in [0.3, 0.4) is 0 Å². The van der Waals surface area contributed by atoms with Crippen LogP contribution in [0.15, 0.2) is 18.2 Å². The average molecular weight is 303 g/mol. The predicted octanol–water partition coefficient (Wildman–Crippen LogP) is 1.09. The number of anilines is 1. The molecule has 0 aliphatic carbocycles. The molecule has 3 N–H and O–H groups in total. The number of nitrogens with two attached hydrogens (primary N) is 1. The zero-order chi connectivity index (χ0) is 14.0. The maximum Gasteiger partial charge on any atom is 0.251 e. The fraction of sp³-hybridized carbons (Fsp3) is 0.417. The SMILES string of the molecule is Nc1cc(Cl)cc(C(=O)NCC2CCS(=O)(=O)C2)c1. The lowest BCUT2D eigenvalue weighted by Crippen LogP contribution is -2.29. The van der Waals surface area contributed by atoms with Crippen LogP contribution < -0.4 is 11.1 Å². The van der Waals surface area contributed by atoms with Crippen molar-refractivity contribution in [2.45, 2.75) is 6.42 Å². The number of benzene rings is 1. The van der Waals surface area contributed by atoms with E-state index in [1.807, 2.05) is 0 Å². The first-order chi connectivity index (χ1) is 8.85. The Hall–Kier alpha value is -1.27. The highest BCUT2D eigenvalue weighted by Crippen LogP contribution is 2.19. The fourth-order valence-electron chi connectivity index (χ4n) is 2.12. The van der Waals surface area contributed by atoms with Crippen LogP contribution in [0.1, 0.15) is 16.8 Å². The molecule has 1 aliphatic rings. The molecular weight excluding hydrogens is 288 g/mol. The number of halogens is 1. The predicted molar refractivity (Wildman–Crippen MR) is 75.0 cm³/mol. The molecule has 0 spiro atoms. The van der Waals surface area contributed by atoms with Crippen molar-refractivity contribution in [3.63, 3.8) is 0 Å². The van der Waals surface area contributed by atoms with Crippen molar-refractivity contribution in [1.29, 1.82) is 0 Å². The van der Waals surface area contributed by atoms with Crippen LogP contribution in [-0.4, -0.2) is 32.4 Å². The van der Waals surface area contributed by atoms with Gasteiger partial charge < -0.3 is 11.1 Å². The summed E-state index contributed by atoms with van der Waals surface area (Å²) in [5, 5.41) is 3.11. The lowest BCUT2D eigenvalue weighted by Gasteiger charge is -2.10. The first-order valence-electron chi connectivity index (χ1n) is 5.90. The molecule has 1 aliphatic heterocycles. The van der Waals surface area contributed by atoms with Crippen LogP contribution in [0.2, 0.25) is 5.02 Å². The van der Waals surface area contributed by atoms with Crippen molar-refractivity contribution in [3.8, 4) is 0 Å².